The predicted molar refractivity (Wildman–Crippen MR) is 58.7 cm³/mol. The zero-order chi connectivity index (χ0) is 11.0. The Morgan fingerprint density at radius 3 is 2.71 bits per heavy atom. The van der Waals surface area contributed by atoms with E-state index >= 15 is 0 Å². The fraction of sp³-hybridized carbons (Fsp3) is 0.889. The fourth-order valence-corrected chi connectivity index (χ4v) is 1.17. The molecular weight excluding hydrogens is 180 g/mol. The molecule has 0 aliphatic rings. The van der Waals surface area contributed by atoms with E-state index in [-0.39, 0.29) is 11.9 Å². The summed E-state index contributed by atoms with van der Waals surface area (Å²) < 4.78 is 0. The topological polar surface area (TPSA) is 73.9 Å². The molecule has 0 saturated carbocycles. The van der Waals surface area contributed by atoms with Gasteiger partial charge < -0.3 is 21.2 Å². The summed E-state index contributed by atoms with van der Waals surface area (Å²) in [5, 5.41) is 14.6. The average molecular weight is 202 g/mol. The van der Waals surface area contributed by atoms with Crippen LogP contribution in [0.3, 0.4) is 0 Å². The van der Waals surface area contributed by atoms with Crippen molar-refractivity contribution in [3.63, 3.8) is 0 Å². The van der Waals surface area contributed by atoms with Crippen molar-refractivity contribution in [2.45, 2.75) is 25.8 Å². The van der Waals surface area contributed by atoms with Gasteiger partial charge in [0.1, 0.15) is 5.84 Å². The maximum atomic E-state index is 8.36. The quantitative estimate of drug-likeness (QED) is 0.179. The molecule has 14 heavy (non-hydrogen) atoms. The minimum Gasteiger partial charge on any atom is -0.409 e. The van der Waals surface area contributed by atoms with Gasteiger partial charge in [0, 0.05) is 12.5 Å². The van der Waals surface area contributed by atoms with Crippen LogP contribution in [0.5, 0.6) is 0 Å². The van der Waals surface area contributed by atoms with Crippen LogP contribution in [0.15, 0.2) is 5.16 Å². The van der Waals surface area contributed by atoms with Gasteiger partial charge in [-0.15, -0.1) is 0 Å². The minimum atomic E-state index is 0.257. The molecule has 84 valence electrons. The van der Waals surface area contributed by atoms with Crippen LogP contribution in [0.25, 0.3) is 0 Å². The molecule has 0 spiro atoms. The lowest BCUT2D eigenvalue weighted by molar-refractivity contribution is 0.315. The summed E-state index contributed by atoms with van der Waals surface area (Å²) in [6, 6.07) is 0.257. The van der Waals surface area contributed by atoms with Crippen LogP contribution < -0.4 is 11.1 Å². The summed E-state index contributed by atoms with van der Waals surface area (Å²) >= 11 is 0. The molecule has 0 saturated heterocycles. The molecule has 1 unspecified atom stereocenters. The zero-order valence-electron chi connectivity index (χ0n) is 9.32. The molecule has 0 radical (unpaired) electrons. The van der Waals surface area contributed by atoms with E-state index < -0.39 is 0 Å². The molecule has 5 heteroatoms. The second kappa shape index (κ2) is 7.58. The van der Waals surface area contributed by atoms with Crippen molar-refractivity contribution in [2.75, 3.05) is 27.2 Å². The van der Waals surface area contributed by atoms with Crippen molar-refractivity contribution < 1.29 is 5.21 Å². The Hall–Kier alpha value is -0.810. The first-order chi connectivity index (χ1) is 6.56. The Morgan fingerprint density at radius 2 is 2.21 bits per heavy atom. The largest absolute Gasteiger partial charge is 0.409 e. The van der Waals surface area contributed by atoms with Crippen molar-refractivity contribution in [1.29, 1.82) is 0 Å². The zero-order valence-corrected chi connectivity index (χ0v) is 9.32. The molecule has 0 aromatic rings. The maximum absolute atomic E-state index is 8.36. The van der Waals surface area contributed by atoms with E-state index in [1.165, 1.54) is 0 Å². The SMILES string of the molecule is CC(CC(N)=NO)NCCCN(C)C. The highest BCUT2D eigenvalue weighted by molar-refractivity contribution is 5.80. The van der Waals surface area contributed by atoms with E-state index in [9.17, 15) is 0 Å². The van der Waals surface area contributed by atoms with Crippen molar-refractivity contribution in [1.82, 2.24) is 10.2 Å². The van der Waals surface area contributed by atoms with Crippen LogP contribution >= 0.6 is 0 Å². The number of nitrogens with one attached hydrogen (secondary N) is 1. The van der Waals surface area contributed by atoms with Gasteiger partial charge in [0.05, 0.1) is 0 Å². The number of hydrogen-bond donors (Lipinski definition) is 3. The molecule has 0 aliphatic carbocycles. The molecular formula is C9H22N4O. The molecule has 4 N–H and O–H groups in total. The van der Waals surface area contributed by atoms with Crippen molar-refractivity contribution in [3.8, 4) is 0 Å². The summed E-state index contributed by atoms with van der Waals surface area (Å²) in [5.41, 5.74) is 5.38. The lowest BCUT2D eigenvalue weighted by Crippen LogP contribution is -2.32. The van der Waals surface area contributed by atoms with Crippen LogP contribution in [0.2, 0.25) is 0 Å². The van der Waals surface area contributed by atoms with E-state index in [0.717, 1.165) is 19.5 Å². The molecule has 0 fully saturated rings. The minimum absolute atomic E-state index is 0.257. The van der Waals surface area contributed by atoms with Gasteiger partial charge in [-0.3, -0.25) is 0 Å². The maximum Gasteiger partial charge on any atom is 0.140 e. The molecule has 0 heterocycles. The third kappa shape index (κ3) is 7.82. The van der Waals surface area contributed by atoms with E-state index in [0.29, 0.717) is 6.42 Å². The van der Waals surface area contributed by atoms with Crippen molar-refractivity contribution in [2.24, 2.45) is 10.9 Å². The Labute approximate surface area is 86.0 Å². The molecule has 0 bridgehead atoms. The van der Waals surface area contributed by atoms with Gasteiger partial charge in [0.2, 0.25) is 0 Å². The highest BCUT2D eigenvalue weighted by Crippen LogP contribution is 1.91. The lowest BCUT2D eigenvalue weighted by atomic mass is 10.2. The summed E-state index contributed by atoms with van der Waals surface area (Å²) in [7, 11) is 4.11. The van der Waals surface area contributed by atoms with E-state index in [1.54, 1.807) is 0 Å². The van der Waals surface area contributed by atoms with Crippen molar-refractivity contribution >= 4 is 5.84 Å². The molecule has 0 aliphatic heterocycles. The first-order valence-electron chi connectivity index (χ1n) is 4.90. The molecule has 0 rings (SSSR count). The summed E-state index contributed by atoms with van der Waals surface area (Å²) in [5.74, 6) is 0.276. The van der Waals surface area contributed by atoms with Crippen LogP contribution in [-0.2, 0) is 0 Å². The Balaban J connectivity index is 3.40. The summed E-state index contributed by atoms with van der Waals surface area (Å²) in [4.78, 5) is 2.15. The van der Waals surface area contributed by atoms with Gasteiger partial charge in [-0.2, -0.15) is 0 Å². The van der Waals surface area contributed by atoms with Gasteiger partial charge >= 0.3 is 0 Å². The Morgan fingerprint density at radius 1 is 1.57 bits per heavy atom. The van der Waals surface area contributed by atoms with Crippen LogP contribution in [0.1, 0.15) is 19.8 Å². The number of nitrogens with zero attached hydrogens (tertiary/aromatic N) is 2. The first kappa shape index (κ1) is 13.2. The third-order valence-corrected chi connectivity index (χ3v) is 1.92. The lowest BCUT2D eigenvalue weighted by Gasteiger charge is -2.14. The highest BCUT2D eigenvalue weighted by atomic mass is 16.4. The van der Waals surface area contributed by atoms with Gasteiger partial charge in [-0.25, -0.2) is 0 Å². The predicted octanol–water partition coefficient (Wildman–Crippen LogP) is 0.0527. The van der Waals surface area contributed by atoms with E-state index in [4.69, 9.17) is 10.9 Å². The Kier molecular flexibility index (Phi) is 7.14. The average Bonchev–Trinajstić information content (AvgIpc) is 2.12. The molecule has 1 atom stereocenters. The second-order valence-electron chi connectivity index (χ2n) is 3.81. The number of oxime groups is 1. The number of hydrogen-bond acceptors (Lipinski definition) is 4. The number of rotatable bonds is 7. The number of amidine groups is 1. The Bertz CT molecular complexity index is 170. The normalized spacial score (nSPS) is 14.7. The van der Waals surface area contributed by atoms with E-state index in [1.807, 2.05) is 6.92 Å². The molecule has 0 aromatic heterocycles. The summed E-state index contributed by atoms with van der Waals surface area (Å²) in [6.07, 6.45) is 1.69. The third-order valence-electron chi connectivity index (χ3n) is 1.92. The van der Waals surface area contributed by atoms with Crippen molar-refractivity contribution in [3.05, 3.63) is 0 Å². The molecule has 0 amide bonds. The smallest absolute Gasteiger partial charge is 0.140 e. The van der Waals surface area contributed by atoms with Crippen LogP contribution in [-0.4, -0.2) is 49.2 Å². The van der Waals surface area contributed by atoms with Crippen LogP contribution in [0, 0.1) is 0 Å². The standard InChI is InChI=1S/C9H22N4O/c1-8(7-9(10)12-14)11-5-4-6-13(2)3/h8,11,14H,4-7H2,1-3H3,(H2,10,12). The summed E-state index contributed by atoms with van der Waals surface area (Å²) in [6.45, 7) is 4.05. The molecule has 5 nitrogen and oxygen atoms in total. The first-order valence-corrected chi connectivity index (χ1v) is 4.90. The van der Waals surface area contributed by atoms with Gasteiger partial charge in [-0.1, -0.05) is 5.16 Å². The highest BCUT2D eigenvalue weighted by Gasteiger charge is 2.03. The molecule has 0 aromatic carbocycles. The van der Waals surface area contributed by atoms with Gasteiger partial charge in [-0.05, 0) is 40.5 Å². The monoisotopic (exact) mass is 202 g/mol. The van der Waals surface area contributed by atoms with Crippen LogP contribution in [0.4, 0.5) is 0 Å². The van der Waals surface area contributed by atoms with Gasteiger partial charge in [0.25, 0.3) is 0 Å². The van der Waals surface area contributed by atoms with Gasteiger partial charge in [0.15, 0.2) is 0 Å². The fourth-order valence-electron chi connectivity index (χ4n) is 1.17. The van der Waals surface area contributed by atoms with E-state index in [2.05, 4.69) is 29.5 Å². The number of nitrogens with two attached hydrogens (primary N) is 1. The second-order valence-corrected chi connectivity index (χ2v) is 3.81.